The highest BCUT2D eigenvalue weighted by Crippen LogP contribution is 2.57. The fourth-order valence-electron chi connectivity index (χ4n) is 7.22. The van der Waals surface area contributed by atoms with Gasteiger partial charge in [0.1, 0.15) is 12.2 Å². The van der Waals surface area contributed by atoms with Gasteiger partial charge in [-0.05, 0) is 47.9 Å². The average Bonchev–Trinajstić information content (AvgIpc) is 3.72. The van der Waals surface area contributed by atoms with E-state index in [9.17, 15) is 19.8 Å². The van der Waals surface area contributed by atoms with Crippen LogP contribution in [-0.4, -0.2) is 112 Å². The maximum atomic E-state index is 13.6. The molecular weight excluding hydrogens is 650 g/mol. The Bertz CT molecular complexity index is 1540. The smallest absolute Gasteiger partial charge is 0.412 e. The summed E-state index contributed by atoms with van der Waals surface area (Å²) in [4.78, 5) is 26.2. The largest absolute Gasteiger partial charge is 0.493 e. The molecule has 4 N–H and O–H groups in total. The number of nitrogens with one attached hydrogen (secondary N) is 1. The number of cyclic esters (lactones) is 1. The van der Waals surface area contributed by atoms with Gasteiger partial charge in [-0.3, -0.25) is 4.79 Å². The van der Waals surface area contributed by atoms with Crippen molar-refractivity contribution in [2.75, 3.05) is 47.4 Å². The Kier molecular flexibility index (Phi) is 9.45. The van der Waals surface area contributed by atoms with Crippen molar-refractivity contribution in [1.29, 1.82) is 0 Å². The molecule has 10 atom stereocenters. The van der Waals surface area contributed by atoms with Crippen molar-refractivity contribution in [1.82, 2.24) is 5.32 Å². The van der Waals surface area contributed by atoms with Crippen LogP contribution in [0.5, 0.6) is 28.7 Å². The van der Waals surface area contributed by atoms with Crippen LogP contribution in [-0.2, 0) is 28.5 Å². The maximum Gasteiger partial charge on any atom is 0.412 e. The lowest BCUT2D eigenvalue weighted by Crippen LogP contribution is -2.56. The number of esters is 1. The number of amides is 1. The Morgan fingerprint density at radius 2 is 1.73 bits per heavy atom. The fraction of sp³-hybridized carbons (Fsp3) is 0.576. The molecule has 2 aromatic rings. The second kappa shape index (κ2) is 13.8. The van der Waals surface area contributed by atoms with Crippen LogP contribution in [0.3, 0.4) is 0 Å². The summed E-state index contributed by atoms with van der Waals surface area (Å²) in [6, 6.07) is 6.96. The third-order valence-corrected chi connectivity index (χ3v) is 9.50. The average molecular weight is 690 g/mol. The van der Waals surface area contributed by atoms with Crippen molar-refractivity contribution < 1.29 is 72.3 Å². The second-order valence-corrected chi connectivity index (χ2v) is 12.5. The summed E-state index contributed by atoms with van der Waals surface area (Å²) < 4.78 is 58.1. The highest BCUT2D eigenvalue weighted by molar-refractivity contribution is 5.79. The van der Waals surface area contributed by atoms with Crippen molar-refractivity contribution in [3.05, 3.63) is 41.0 Å². The first kappa shape index (κ1) is 33.6. The molecule has 266 valence electrons. The third kappa shape index (κ3) is 6.33. The van der Waals surface area contributed by atoms with Crippen molar-refractivity contribution in [3.8, 4) is 28.7 Å². The van der Waals surface area contributed by atoms with Gasteiger partial charge in [0.15, 0.2) is 35.6 Å². The normalized spacial score (nSPS) is 31.9. The molecule has 0 aromatic heterocycles. The van der Waals surface area contributed by atoms with Gasteiger partial charge in [0.25, 0.3) is 0 Å². The minimum absolute atomic E-state index is 0.0216. The molecule has 0 saturated carbocycles. The molecule has 0 spiro atoms. The molecule has 5 aliphatic rings. The van der Waals surface area contributed by atoms with Crippen LogP contribution < -0.4 is 29.0 Å². The predicted octanol–water partition coefficient (Wildman–Crippen LogP) is 1.10. The zero-order valence-corrected chi connectivity index (χ0v) is 27.1. The van der Waals surface area contributed by atoms with Gasteiger partial charge in [-0.2, -0.15) is 0 Å². The van der Waals surface area contributed by atoms with Gasteiger partial charge in [0, 0.05) is 24.8 Å². The lowest BCUT2D eigenvalue weighted by atomic mass is 9.66. The fourth-order valence-corrected chi connectivity index (χ4v) is 7.22. The first-order valence-corrected chi connectivity index (χ1v) is 16.1. The van der Waals surface area contributed by atoms with Crippen LogP contribution in [0, 0.1) is 11.8 Å². The molecule has 49 heavy (non-hydrogen) atoms. The minimum atomic E-state index is -1.17. The number of ether oxygens (including phenoxy) is 10. The van der Waals surface area contributed by atoms with Crippen molar-refractivity contribution >= 4 is 12.1 Å². The minimum Gasteiger partial charge on any atom is -0.493 e. The van der Waals surface area contributed by atoms with Crippen LogP contribution in [0.15, 0.2) is 24.3 Å². The van der Waals surface area contributed by atoms with Gasteiger partial charge in [-0.1, -0.05) is 0 Å². The van der Waals surface area contributed by atoms with E-state index in [4.69, 9.17) is 52.5 Å². The highest BCUT2D eigenvalue weighted by Gasteiger charge is 2.54. The zero-order valence-electron chi connectivity index (χ0n) is 27.1. The number of rotatable bonds is 9. The Hall–Kier alpha value is -3.90. The molecule has 16 nitrogen and oxygen atoms in total. The van der Waals surface area contributed by atoms with Gasteiger partial charge in [0.05, 0.1) is 58.3 Å². The molecule has 3 fully saturated rings. The second-order valence-electron chi connectivity index (χ2n) is 12.5. The number of benzene rings is 2. The summed E-state index contributed by atoms with van der Waals surface area (Å²) in [5.41, 5.74) is 2.02. The van der Waals surface area contributed by atoms with Crippen LogP contribution in [0.25, 0.3) is 0 Å². The maximum absolute atomic E-state index is 13.6. The standard InChI is InChI=1S/C33H39NO15/c1-14-42-12-25-30(46-14)20(37)8-26(47-25)48-29-18-7-22-21(44-13-45-22)6-17(18)27(28-19(29)11-43-32(28)38)15-4-23(40-2)31(24(5-15)41-3)49-33(39)34-9-16(36)10-35/h4-7,14,16,19-20,25-30,35-37H,8-13H2,1-3H3,(H,34,39)/t14-,16?,19?,20-,25-,26+,27-,28+,29?,30+/m1/s1. The van der Waals surface area contributed by atoms with E-state index in [-0.39, 0.29) is 50.2 Å². The third-order valence-electron chi connectivity index (χ3n) is 9.50. The summed E-state index contributed by atoms with van der Waals surface area (Å²) >= 11 is 0. The molecule has 4 aliphatic heterocycles. The van der Waals surface area contributed by atoms with Gasteiger partial charge >= 0.3 is 12.1 Å². The van der Waals surface area contributed by atoms with Crippen LogP contribution in [0.2, 0.25) is 0 Å². The Morgan fingerprint density at radius 3 is 2.43 bits per heavy atom. The van der Waals surface area contributed by atoms with E-state index >= 15 is 0 Å². The molecule has 0 bridgehead atoms. The number of hydrogen-bond donors (Lipinski definition) is 4. The van der Waals surface area contributed by atoms with E-state index in [1.165, 1.54) is 14.2 Å². The molecular formula is C33H39NO15. The number of hydrogen-bond acceptors (Lipinski definition) is 15. The van der Waals surface area contributed by atoms with E-state index in [0.717, 1.165) is 5.56 Å². The Morgan fingerprint density at radius 1 is 1.02 bits per heavy atom. The number of aliphatic hydroxyl groups excluding tert-OH is 3. The number of aliphatic hydroxyl groups is 3. The van der Waals surface area contributed by atoms with E-state index < -0.39 is 79.5 Å². The van der Waals surface area contributed by atoms with Crippen molar-refractivity contribution in [2.45, 2.75) is 62.4 Å². The molecule has 4 heterocycles. The van der Waals surface area contributed by atoms with Crippen molar-refractivity contribution in [3.63, 3.8) is 0 Å². The SMILES string of the molecule is COc1cc([C@@H]2c3cc4c(cc3C(O[C@H]3C[C@@H](O)[C@@H]5O[C@H](C)OC[C@H]5O3)C3COC(=O)[C@@H]32)OCO4)cc(OC)c1OC(=O)NCC(O)CO. The first-order chi connectivity index (χ1) is 23.7. The van der Waals surface area contributed by atoms with E-state index in [0.29, 0.717) is 22.6 Å². The summed E-state index contributed by atoms with van der Waals surface area (Å²) in [5, 5.41) is 32.0. The summed E-state index contributed by atoms with van der Waals surface area (Å²) in [6.45, 7) is 1.30. The van der Waals surface area contributed by atoms with Crippen LogP contribution in [0.1, 0.15) is 42.1 Å². The topological polar surface area (TPSA) is 199 Å². The summed E-state index contributed by atoms with van der Waals surface area (Å²) in [6.07, 6.45) is -5.89. The number of methoxy groups -OCH3 is 2. The van der Waals surface area contributed by atoms with Crippen molar-refractivity contribution in [2.24, 2.45) is 11.8 Å². The molecule has 16 heteroatoms. The number of carbonyl (C=O) groups is 2. The monoisotopic (exact) mass is 689 g/mol. The predicted molar refractivity (Wildman–Crippen MR) is 162 cm³/mol. The number of carbonyl (C=O) groups excluding carboxylic acids is 2. The Labute approximate surface area is 281 Å². The highest BCUT2D eigenvalue weighted by atomic mass is 16.7. The van der Waals surface area contributed by atoms with Gasteiger partial charge in [0.2, 0.25) is 12.5 Å². The molecule has 1 amide bonds. The zero-order chi connectivity index (χ0) is 34.4. The van der Waals surface area contributed by atoms with Gasteiger partial charge < -0.3 is 68.0 Å². The molecule has 3 saturated heterocycles. The van der Waals surface area contributed by atoms with E-state index in [1.54, 1.807) is 19.1 Å². The summed E-state index contributed by atoms with van der Waals surface area (Å²) in [7, 11) is 2.79. The lowest BCUT2D eigenvalue weighted by molar-refractivity contribution is -0.338. The van der Waals surface area contributed by atoms with E-state index in [2.05, 4.69) is 5.32 Å². The lowest BCUT2D eigenvalue weighted by Gasteiger charge is -2.45. The first-order valence-electron chi connectivity index (χ1n) is 16.1. The van der Waals surface area contributed by atoms with Crippen LogP contribution >= 0.6 is 0 Å². The Balaban J connectivity index is 1.25. The van der Waals surface area contributed by atoms with E-state index in [1.807, 2.05) is 12.1 Å². The molecule has 3 unspecified atom stereocenters. The van der Waals surface area contributed by atoms with Gasteiger partial charge in [-0.15, -0.1) is 0 Å². The molecule has 1 aliphatic carbocycles. The van der Waals surface area contributed by atoms with Gasteiger partial charge in [-0.25, -0.2) is 4.79 Å². The quantitative estimate of drug-likeness (QED) is 0.273. The molecule has 2 aromatic carbocycles. The summed E-state index contributed by atoms with van der Waals surface area (Å²) in [5.74, 6) is -0.995. The molecule has 7 rings (SSSR count). The number of fused-ring (bicyclic) bond motifs is 4. The van der Waals surface area contributed by atoms with Crippen LogP contribution in [0.4, 0.5) is 4.79 Å². The molecule has 0 radical (unpaired) electrons.